The van der Waals surface area contributed by atoms with Crippen LogP contribution in [0.1, 0.15) is 44.1 Å². The van der Waals surface area contributed by atoms with Crippen molar-refractivity contribution in [3.8, 4) is 0 Å². The Hall–Kier alpha value is -1.32. The molecule has 1 N–H and O–H groups in total. The highest BCUT2D eigenvalue weighted by atomic mass is 16.1. The quantitative estimate of drug-likeness (QED) is 0.871. The van der Waals surface area contributed by atoms with Crippen LogP contribution in [0.2, 0.25) is 0 Å². The molecule has 1 unspecified atom stereocenters. The van der Waals surface area contributed by atoms with E-state index < -0.39 is 0 Å². The van der Waals surface area contributed by atoms with Gasteiger partial charge in [-0.15, -0.1) is 0 Å². The van der Waals surface area contributed by atoms with Gasteiger partial charge in [-0.1, -0.05) is 13.8 Å². The summed E-state index contributed by atoms with van der Waals surface area (Å²) in [6.07, 6.45) is 1.30. The lowest BCUT2D eigenvalue weighted by Crippen LogP contribution is -2.36. The molecule has 0 radical (unpaired) electrons. The Kier molecular flexibility index (Phi) is 4.93. The van der Waals surface area contributed by atoms with Crippen LogP contribution in [0.5, 0.6) is 0 Å². The number of amides is 1. The summed E-state index contributed by atoms with van der Waals surface area (Å²) >= 11 is 0. The van der Waals surface area contributed by atoms with Crippen molar-refractivity contribution in [1.82, 2.24) is 15.1 Å². The number of nitrogens with one attached hydrogen (secondary N) is 1. The van der Waals surface area contributed by atoms with Gasteiger partial charge in [-0.25, -0.2) is 0 Å². The number of carbonyl (C=O) groups is 1. The molecular formula is C14H25N3O. The molecule has 0 aliphatic carbocycles. The molecule has 4 nitrogen and oxygen atoms in total. The van der Waals surface area contributed by atoms with E-state index in [0.717, 1.165) is 17.8 Å². The van der Waals surface area contributed by atoms with Crippen molar-refractivity contribution in [2.45, 2.75) is 53.5 Å². The SMILES string of the molecule is Cc1nn(C)c(C)c1CCC(=O)NC(C)C(C)C. The van der Waals surface area contributed by atoms with Crippen LogP contribution in [0, 0.1) is 19.8 Å². The van der Waals surface area contributed by atoms with Gasteiger partial charge in [0, 0.05) is 25.2 Å². The maximum absolute atomic E-state index is 11.8. The Morgan fingerprint density at radius 1 is 1.33 bits per heavy atom. The fourth-order valence-electron chi connectivity index (χ4n) is 1.91. The van der Waals surface area contributed by atoms with Gasteiger partial charge in [-0.2, -0.15) is 5.10 Å². The Bertz CT molecular complexity index is 421. The van der Waals surface area contributed by atoms with Crippen molar-refractivity contribution in [2.75, 3.05) is 0 Å². The third kappa shape index (κ3) is 3.59. The first-order chi connectivity index (χ1) is 8.32. The molecular weight excluding hydrogens is 226 g/mol. The number of rotatable bonds is 5. The summed E-state index contributed by atoms with van der Waals surface area (Å²) in [6, 6.07) is 0.230. The van der Waals surface area contributed by atoms with Gasteiger partial charge in [0.05, 0.1) is 5.69 Å². The summed E-state index contributed by atoms with van der Waals surface area (Å²) in [6.45, 7) is 10.3. The van der Waals surface area contributed by atoms with E-state index >= 15 is 0 Å². The summed E-state index contributed by atoms with van der Waals surface area (Å²) < 4.78 is 1.87. The summed E-state index contributed by atoms with van der Waals surface area (Å²) in [4.78, 5) is 11.8. The molecule has 0 aliphatic heterocycles. The average Bonchev–Trinajstić information content (AvgIpc) is 2.51. The van der Waals surface area contributed by atoms with Gasteiger partial charge >= 0.3 is 0 Å². The molecule has 1 heterocycles. The Morgan fingerprint density at radius 3 is 2.39 bits per heavy atom. The molecule has 18 heavy (non-hydrogen) atoms. The number of aromatic nitrogens is 2. The van der Waals surface area contributed by atoms with Crippen LogP contribution in [0.15, 0.2) is 0 Å². The maximum atomic E-state index is 11.8. The zero-order chi connectivity index (χ0) is 13.9. The van der Waals surface area contributed by atoms with Crippen LogP contribution >= 0.6 is 0 Å². The molecule has 1 rings (SSSR count). The lowest BCUT2D eigenvalue weighted by atomic mass is 10.0. The smallest absolute Gasteiger partial charge is 0.220 e. The molecule has 0 saturated carbocycles. The highest BCUT2D eigenvalue weighted by molar-refractivity contribution is 5.76. The largest absolute Gasteiger partial charge is 0.353 e. The molecule has 0 spiro atoms. The predicted octanol–water partition coefficient (Wildman–Crippen LogP) is 2.13. The van der Waals surface area contributed by atoms with Crippen LogP contribution in [0.4, 0.5) is 0 Å². The minimum Gasteiger partial charge on any atom is -0.353 e. The summed E-state index contributed by atoms with van der Waals surface area (Å²) in [5, 5.41) is 7.39. The zero-order valence-corrected chi connectivity index (χ0v) is 12.4. The van der Waals surface area contributed by atoms with Gasteiger partial charge in [-0.05, 0) is 38.7 Å². The molecule has 0 aromatic carbocycles. The first-order valence-corrected chi connectivity index (χ1v) is 6.61. The number of carbonyl (C=O) groups excluding carboxylic acids is 1. The van der Waals surface area contributed by atoms with E-state index in [4.69, 9.17) is 0 Å². The molecule has 1 amide bonds. The van der Waals surface area contributed by atoms with Crippen LogP contribution in [0.25, 0.3) is 0 Å². The highest BCUT2D eigenvalue weighted by Gasteiger charge is 2.13. The van der Waals surface area contributed by atoms with Crippen molar-refractivity contribution in [3.05, 3.63) is 17.0 Å². The monoisotopic (exact) mass is 251 g/mol. The second kappa shape index (κ2) is 6.03. The fourth-order valence-corrected chi connectivity index (χ4v) is 1.91. The van der Waals surface area contributed by atoms with E-state index in [1.54, 1.807) is 0 Å². The average molecular weight is 251 g/mol. The van der Waals surface area contributed by atoms with Gasteiger partial charge in [0.1, 0.15) is 0 Å². The Balaban J connectivity index is 2.53. The Labute approximate surface area is 110 Å². The van der Waals surface area contributed by atoms with E-state index in [1.807, 2.05) is 32.5 Å². The second-order valence-electron chi connectivity index (χ2n) is 5.37. The van der Waals surface area contributed by atoms with Gasteiger partial charge < -0.3 is 5.32 Å². The van der Waals surface area contributed by atoms with Crippen molar-refractivity contribution < 1.29 is 4.79 Å². The zero-order valence-electron chi connectivity index (χ0n) is 12.4. The van der Waals surface area contributed by atoms with Crippen molar-refractivity contribution in [3.63, 3.8) is 0 Å². The van der Waals surface area contributed by atoms with E-state index in [2.05, 4.69) is 24.3 Å². The van der Waals surface area contributed by atoms with Crippen LogP contribution < -0.4 is 5.32 Å². The number of hydrogen-bond acceptors (Lipinski definition) is 2. The van der Waals surface area contributed by atoms with E-state index in [0.29, 0.717) is 12.3 Å². The van der Waals surface area contributed by atoms with Crippen molar-refractivity contribution in [1.29, 1.82) is 0 Å². The topological polar surface area (TPSA) is 46.9 Å². The molecule has 1 atom stereocenters. The van der Waals surface area contributed by atoms with Gasteiger partial charge in [0.2, 0.25) is 5.91 Å². The molecule has 0 saturated heterocycles. The summed E-state index contributed by atoms with van der Waals surface area (Å²) in [5.41, 5.74) is 3.38. The van der Waals surface area contributed by atoms with Gasteiger partial charge in [-0.3, -0.25) is 9.48 Å². The minimum absolute atomic E-state index is 0.124. The Morgan fingerprint density at radius 2 is 1.94 bits per heavy atom. The number of aryl methyl sites for hydroxylation is 2. The minimum atomic E-state index is 0.124. The molecule has 0 bridgehead atoms. The summed E-state index contributed by atoms with van der Waals surface area (Å²) in [7, 11) is 1.94. The van der Waals surface area contributed by atoms with Gasteiger partial charge in [0.15, 0.2) is 0 Å². The number of nitrogens with zero attached hydrogens (tertiary/aromatic N) is 2. The predicted molar refractivity (Wildman–Crippen MR) is 73.4 cm³/mol. The van der Waals surface area contributed by atoms with Crippen molar-refractivity contribution in [2.24, 2.45) is 13.0 Å². The number of hydrogen-bond donors (Lipinski definition) is 1. The molecule has 1 aromatic rings. The van der Waals surface area contributed by atoms with E-state index in [1.165, 1.54) is 5.56 Å². The molecule has 0 fully saturated rings. The maximum Gasteiger partial charge on any atom is 0.220 e. The highest BCUT2D eigenvalue weighted by Crippen LogP contribution is 2.14. The lowest BCUT2D eigenvalue weighted by Gasteiger charge is -2.17. The fraction of sp³-hybridized carbons (Fsp3) is 0.714. The van der Waals surface area contributed by atoms with E-state index in [-0.39, 0.29) is 11.9 Å². The standard InChI is InChI=1S/C14H25N3O/c1-9(2)10(3)15-14(18)8-7-13-11(4)16-17(6)12(13)5/h9-10H,7-8H2,1-6H3,(H,15,18). The second-order valence-corrected chi connectivity index (χ2v) is 5.37. The molecule has 102 valence electrons. The van der Waals surface area contributed by atoms with Crippen LogP contribution in [-0.2, 0) is 18.3 Å². The summed E-state index contributed by atoms with van der Waals surface area (Å²) in [5.74, 6) is 0.592. The normalized spacial score (nSPS) is 12.8. The molecule has 1 aromatic heterocycles. The first kappa shape index (κ1) is 14.7. The van der Waals surface area contributed by atoms with Gasteiger partial charge in [0.25, 0.3) is 0 Å². The lowest BCUT2D eigenvalue weighted by molar-refractivity contribution is -0.121. The van der Waals surface area contributed by atoms with Crippen LogP contribution in [-0.4, -0.2) is 21.7 Å². The third-order valence-corrected chi connectivity index (χ3v) is 3.65. The van der Waals surface area contributed by atoms with Crippen LogP contribution in [0.3, 0.4) is 0 Å². The third-order valence-electron chi connectivity index (χ3n) is 3.65. The molecule has 0 aliphatic rings. The van der Waals surface area contributed by atoms with Crippen molar-refractivity contribution >= 4 is 5.91 Å². The molecule has 4 heteroatoms. The van der Waals surface area contributed by atoms with E-state index in [9.17, 15) is 4.79 Å². The first-order valence-electron chi connectivity index (χ1n) is 6.61.